The number of carbonyl (C=O) groups is 1. The third-order valence-electron chi connectivity index (χ3n) is 4.88. The Morgan fingerprint density at radius 2 is 2.00 bits per heavy atom. The molecule has 1 aliphatic carbocycles. The first-order chi connectivity index (χ1) is 12.5. The lowest BCUT2D eigenvalue weighted by atomic mass is 9.84. The molecule has 0 fully saturated rings. The predicted molar refractivity (Wildman–Crippen MR) is 99.3 cm³/mol. The van der Waals surface area contributed by atoms with Gasteiger partial charge in [0, 0.05) is 17.6 Å². The molecule has 2 aromatic rings. The van der Waals surface area contributed by atoms with Crippen molar-refractivity contribution in [3.8, 4) is 0 Å². The highest BCUT2D eigenvalue weighted by Crippen LogP contribution is 2.29. The summed E-state index contributed by atoms with van der Waals surface area (Å²) in [6.07, 6.45) is 0.135. The fourth-order valence-corrected chi connectivity index (χ4v) is 3.69. The van der Waals surface area contributed by atoms with E-state index in [4.69, 9.17) is 16.7 Å². The summed E-state index contributed by atoms with van der Waals surface area (Å²) in [6, 6.07) is 12.7. The molecule has 4 N–H and O–H groups in total. The van der Waals surface area contributed by atoms with E-state index in [1.807, 2.05) is 12.1 Å². The zero-order valence-corrected chi connectivity index (χ0v) is 15.0. The lowest BCUT2D eigenvalue weighted by Crippen LogP contribution is -2.37. The Morgan fingerprint density at radius 1 is 1.23 bits per heavy atom. The van der Waals surface area contributed by atoms with Gasteiger partial charge in [-0.1, -0.05) is 41.9 Å². The zero-order chi connectivity index (χ0) is 18.7. The van der Waals surface area contributed by atoms with Crippen LogP contribution < -0.4 is 5.32 Å². The van der Waals surface area contributed by atoms with Gasteiger partial charge in [0.15, 0.2) is 6.10 Å². The first-order valence-corrected chi connectivity index (χ1v) is 9.02. The first-order valence-electron chi connectivity index (χ1n) is 8.64. The van der Waals surface area contributed by atoms with Gasteiger partial charge < -0.3 is 20.6 Å². The second-order valence-electron chi connectivity index (χ2n) is 6.64. The molecule has 0 heterocycles. The van der Waals surface area contributed by atoms with Crippen molar-refractivity contribution >= 4 is 17.6 Å². The van der Waals surface area contributed by atoms with E-state index >= 15 is 0 Å². The molecule has 6 heteroatoms. The van der Waals surface area contributed by atoms with Gasteiger partial charge in [0.1, 0.15) is 0 Å². The highest BCUT2D eigenvalue weighted by atomic mass is 35.5. The summed E-state index contributed by atoms with van der Waals surface area (Å²) in [5.74, 6) is -1.25. The molecule has 0 bridgehead atoms. The molecule has 0 aromatic heterocycles. The van der Waals surface area contributed by atoms with Gasteiger partial charge in [-0.05, 0) is 53.6 Å². The Morgan fingerprint density at radius 3 is 2.73 bits per heavy atom. The lowest BCUT2D eigenvalue weighted by Gasteiger charge is -2.29. The third kappa shape index (κ3) is 4.24. The van der Waals surface area contributed by atoms with Crippen molar-refractivity contribution in [2.45, 2.75) is 37.5 Å². The molecule has 0 radical (unpaired) electrons. The Bertz CT molecular complexity index is 795. The maximum atomic E-state index is 11.2. The number of carboxylic acid groups (broad SMARTS) is 1. The van der Waals surface area contributed by atoms with Crippen LogP contribution in [-0.2, 0) is 17.6 Å². The molecule has 138 valence electrons. The summed E-state index contributed by atoms with van der Waals surface area (Å²) in [4.78, 5) is 11.2. The third-order valence-corrected chi connectivity index (χ3v) is 5.12. The Balaban J connectivity index is 1.67. The van der Waals surface area contributed by atoms with Crippen LogP contribution in [0.2, 0.25) is 5.02 Å². The molecule has 1 aliphatic rings. The molecular formula is C20H22ClNO4. The number of hydrogen-bond donors (Lipinski definition) is 4. The van der Waals surface area contributed by atoms with Crippen molar-refractivity contribution in [2.24, 2.45) is 0 Å². The first kappa shape index (κ1) is 18.9. The molecule has 3 rings (SSSR count). The predicted octanol–water partition coefficient (Wildman–Crippen LogP) is 2.64. The second-order valence-corrected chi connectivity index (χ2v) is 7.08. The Hall–Kier alpha value is -1.92. The van der Waals surface area contributed by atoms with Crippen molar-refractivity contribution < 1.29 is 20.1 Å². The molecule has 26 heavy (non-hydrogen) atoms. The summed E-state index contributed by atoms with van der Waals surface area (Å²) >= 11 is 5.96. The fourth-order valence-electron chi connectivity index (χ4n) is 3.49. The average Bonchev–Trinajstić information content (AvgIpc) is 2.64. The van der Waals surface area contributed by atoms with E-state index in [-0.39, 0.29) is 6.04 Å². The van der Waals surface area contributed by atoms with Crippen molar-refractivity contribution in [2.75, 3.05) is 6.54 Å². The number of nitrogens with one attached hydrogen (secondary N) is 1. The number of aliphatic hydroxyl groups excluding tert-OH is 2. The monoisotopic (exact) mass is 375 g/mol. The fraction of sp³-hybridized carbons (Fsp3) is 0.350. The summed E-state index contributed by atoms with van der Waals surface area (Å²) in [7, 11) is 0. The molecule has 0 aliphatic heterocycles. The van der Waals surface area contributed by atoms with Crippen LogP contribution >= 0.6 is 11.6 Å². The van der Waals surface area contributed by atoms with Crippen LogP contribution in [-0.4, -0.2) is 33.9 Å². The molecule has 0 saturated heterocycles. The van der Waals surface area contributed by atoms with Crippen LogP contribution in [0.3, 0.4) is 0 Å². The van der Waals surface area contributed by atoms with Crippen LogP contribution in [0.5, 0.6) is 0 Å². The molecule has 3 atom stereocenters. The van der Waals surface area contributed by atoms with Gasteiger partial charge >= 0.3 is 5.97 Å². The number of aliphatic hydroxyl groups is 2. The molecular weight excluding hydrogens is 354 g/mol. The number of halogens is 1. The summed E-state index contributed by atoms with van der Waals surface area (Å²) < 4.78 is 0. The standard InChI is InChI=1S/C20H22ClNO4/c21-14-5-1-4-13(9-14)18(23)11-22-15-8-7-12-3-2-6-16(17(12)10-15)19(24)20(25)26/h1-6,9,15,18-19,22-24H,7-8,10-11H2,(H,25,26)/t15?,18-,19?/m1/s1. The van der Waals surface area contributed by atoms with Gasteiger partial charge in [-0.15, -0.1) is 0 Å². The largest absolute Gasteiger partial charge is 0.479 e. The molecule has 0 amide bonds. The van der Waals surface area contributed by atoms with Crippen molar-refractivity contribution in [1.29, 1.82) is 0 Å². The number of rotatable bonds is 6. The number of hydrogen-bond acceptors (Lipinski definition) is 4. The van der Waals surface area contributed by atoms with E-state index in [9.17, 15) is 15.0 Å². The number of aryl methyl sites for hydroxylation is 1. The van der Waals surface area contributed by atoms with Gasteiger partial charge in [-0.25, -0.2) is 4.79 Å². The minimum absolute atomic E-state index is 0.110. The number of carboxylic acids is 1. The van der Waals surface area contributed by atoms with E-state index < -0.39 is 18.2 Å². The van der Waals surface area contributed by atoms with E-state index in [1.165, 1.54) is 0 Å². The van der Waals surface area contributed by atoms with Crippen molar-refractivity contribution in [3.63, 3.8) is 0 Å². The van der Waals surface area contributed by atoms with Gasteiger partial charge in [-0.2, -0.15) is 0 Å². The van der Waals surface area contributed by atoms with Crippen LogP contribution in [0.4, 0.5) is 0 Å². The van der Waals surface area contributed by atoms with E-state index in [0.717, 1.165) is 29.5 Å². The van der Waals surface area contributed by atoms with E-state index in [0.29, 0.717) is 23.6 Å². The number of benzene rings is 2. The maximum absolute atomic E-state index is 11.2. The van der Waals surface area contributed by atoms with Gasteiger partial charge in [0.2, 0.25) is 0 Å². The minimum Gasteiger partial charge on any atom is -0.479 e. The summed E-state index contributed by atoms with van der Waals surface area (Å²) in [6.45, 7) is 0.379. The van der Waals surface area contributed by atoms with Gasteiger partial charge in [-0.3, -0.25) is 0 Å². The normalized spacial score (nSPS) is 18.8. The smallest absolute Gasteiger partial charge is 0.337 e. The van der Waals surface area contributed by atoms with Crippen LogP contribution in [0.25, 0.3) is 0 Å². The molecule has 2 aromatic carbocycles. The van der Waals surface area contributed by atoms with Crippen LogP contribution in [0.1, 0.15) is 40.9 Å². The highest BCUT2D eigenvalue weighted by molar-refractivity contribution is 6.30. The molecule has 5 nitrogen and oxygen atoms in total. The highest BCUT2D eigenvalue weighted by Gasteiger charge is 2.26. The second kappa shape index (κ2) is 8.18. The number of fused-ring (bicyclic) bond motifs is 1. The van der Waals surface area contributed by atoms with Gasteiger partial charge in [0.05, 0.1) is 6.10 Å². The van der Waals surface area contributed by atoms with Crippen molar-refractivity contribution in [3.05, 3.63) is 69.7 Å². The Labute approximate surface area is 157 Å². The SMILES string of the molecule is O=C(O)C(O)c1cccc2c1CC(NC[C@@H](O)c1cccc(Cl)c1)CC2. The van der Waals surface area contributed by atoms with E-state index in [1.54, 1.807) is 30.3 Å². The van der Waals surface area contributed by atoms with Crippen molar-refractivity contribution in [1.82, 2.24) is 5.32 Å². The van der Waals surface area contributed by atoms with Crippen LogP contribution in [0.15, 0.2) is 42.5 Å². The van der Waals surface area contributed by atoms with E-state index in [2.05, 4.69) is 5.32 Å². The number of aliphatic carboxylic acids is 1. The van der Waals surface area contributed by atoms with Crippen LogP contribution in [0, 0.1) is 0 Å². The maximum Gasteiger partial charge on any atom is 0.337 e. The molecule has 2 unspecified atom stereocenters. The Kier molecular flexibility index (Phi) is 5.94. The molecule has 0 saturated carbocycles. The zero-order valence-electron chi connectivity index (χ0n) is 14.2. The lowest BCUT2D eigenvalue weighted by molar-refractivity contribution is -0.147. The quantitative estimate of drug-likeness (QED) is 0.623. The average molecular weight is 376 g/mol. The summed E-state index contributed by atoms with van der Waals surface area (Å²) in [5, 5.41) is 33.4. The molecule has 0 spiro atoms. The van der Waals surface area contributed by atoms with Gasteiger partial charge in [0.25, 0.3) is 0 Å². The minimum atomic E-state index is -1.51. The topological polar surface area (TPSA) is 89.8 Å². The summed E-state index contributed by atoms with van der Waals surface area (Å²) in [5.41, 5.74) is 3.18.